The molecule has 0 aromatic carbocycles. The molecule has 1 aliphatic heterocycles. The zero-order valence-corrected chi connectivity index (χ0v) is 19.2. The number of nitrogens with zero attached hydrogens (tertiary/aromatic N) is 1. The largest absolute Gasteiger partial charge is 0.392 e. The topological polar surface area (TPSA) is 91.6 Å². The van der Waals surface area contributed by atoms with Crippen molar-refractivity contribution >= 4 is 0 Å². The van der Waals surface area contributed by atoms with E-state index in [0.717, 1.165) is 25.9 Å². The number of aliphatic hydroxyl groups is 3. The van der Waals surface area contributed by atoms with E-state index in [2.05, 4.69) is 11.8 Å². The monoisotopic (exact) mass is 437 g/mol. The van der Waals surface area contributed by atoms with Gasteiger partial charge in [-0.25, -0.2) is 0 Å². The number of hydrogen-bond acceptors (Lipinski definition) is 7. The van der Waals surface area contributed by atoms with Crippen LogP contribution in [0, 0.1) is 40.4 Å². The highest BCUT2D eigenvalue weighted by atomic mass is 16.5. The zero-order chi connectivity index (χ0) is 21.9. The van der Waals surface area contributed by atoms with Crippen molar-refractivity contribution in [2.24, 2.45) is 40.4 Å². The highest BCUT2D eigenvalue weighted by molar-refractivity contribution is 5.34. The Hall–Kier alpha value is -0.280. The van der Waals surface area contributed by atoms with Crippen LogP contribution in [0.1, 0.15) is 32.6 Å². The summed E-state index contributed by atoms with van der Waals surface area (Å²) >= 11 is 0. The Balaban J connectivity index is 1.60. The molecule has 0 aromatic heterocycles. The van der Waals surface area contributed by atoms with E-state index < -0.39 is 17.8 Å². The number of fused-ring (bicyclic) bond motifs is 2. The predicted molar refractivity (Wildman–Crippen MR) is 112 cm³/mol. The van der Waals surface area contributed by atoms with E-state index in [1.807, 2.05) is 0 Å². The molecule has 6 aliphatic rings. The van der Waals surface area contributed by atoms with Gasteiger partial charge in [0, 0.05) is 75.3 Å². The normalized spacial score (nSPS) is 61.6. The lowest BCUT2D eigenvalue weighted by molar-refractivity contribution is -0.294. The molecule has 0 radical (unpaired) electrons. The van der Waals surface area contributed by atoms with Gasteiger partial charge in [0.25, 0.3) is 0 Å². The quantitative estimate of drug-likeness (QED) is 0.577. The van der Waals surface area contributed by atoms with Crippen molar-refractivity contribution in [1.82, 2.24) is 4.90 Å². The third-order valence-electron chi connectivity index (χ3n) is 11.3. The molecule has 6 fully saturated rings. The van der Waals surface area contributed by atoms with E-state index in [0.29, 0.717) is 19.4 Å². The van der Waals surface area contributed by atoms with E-state index in [1.54, 1.807) is 21.3 Å². The molecule has 6 rings (SSSR count). The van der Waals surface area contributed by atoms with E-state index in [9.17, 15) is 15.3 Å². The smallest absolute Gasteiger partial charge is 0.0771 e. The summed E-state index contributed by atoms with van der Waals surface area (Å²) in [4.78, 5) is 2.52. The fourth-order valence-electron chi connectivity index (χ4n) is 10.6. The Bertz CT molecular complexity index is 752. The minimum atomic E-state index is -0.940. The average Bonchev–Trinajstić information content (AvgIpc) is 3.17. The SMILES string of the molecule is CCN1C[C@]2(COC)[C@H](O)C[C@H](OC)[C@@]34[C@@H]5C[C@H]6[C@H](O)[C@@H]5[C@](O)(C[C@@H]6OC)[C@@H](C[C@H]23)[C@@H]14. The van der Waals surface area contributed by atoms with Crippen LogP contribution >= 0.6 is 0 Å². The standard InChI is InChI=1S/C24H39NO6/c1-5-25-10-22(11-29-2)16-7-14-21(25)24(16,18(31-4)8-17(22)26)13-6-12-15(30-3)9-23(14,28)19(13)20(12)27/h12-21,26-28H,5-11H2,1-4H3/t12-,13-,14+,15+,16-,17-,18+,19-,20+,21-,22-,23+,24-/m1/s1. The Morgan fingerprint density at radius 3 is 2.45 bits per heavy atom. The lowest BCUT2D eigenvalue weighted by Crippen LogP contribution is -2.78. The van der Waals surface area contributed by atoms with Gasteiger partial charge in [-0.3, -0.25) is 4.90 Å². The molecule has 0 aromatic rings. The van der Waals surface area contributed by atoms with Crippen molar-refractivity contribution in [3.8, 4) is 0 Å². The van der Waals surface area contributed by atoms with Gasteiger partial charge in [-0.15, -0.1) is 0 Å². The summed E-state index contributed by atoms with van der Waals surface area (Å²) in [6.45, 7) is 4.39. The number of aliphatic hydroxyl groups excluding tert-OH is 2. The summed E-state index contributed by atoms with van der Waals surface area (Å²) in [5, 5.41) is 35.3. The molecule has 5 aliphatic carbocycles. The summed E-state index contributed by atoms with van der Waals surface area (Å²) < 4.78 is 17.8. The Labute approximate surface area is 185 Å². The third-order valence-corrected chi connectivity index (χ3v) is 11.3. The van der Waals surface area contributed by atoms with Crippen LogP contribution in [-0.4, -0.2) is 97.3 Å². The third kappa shape index (κ3) is 2.12. The Morgan fingerprint density at radius 2 is 1.81 bits per heavy atom. The van der Waals surface area contributed by atoms with Crippen LogP contribution in [0.4, 0.5) is 0 Å². The molecule has 1 spiro atoms. The number of hydrogen-bond donors (Lipinski definition) is 3. The van der Waals surface area contributed by atoms with Crippen LogP contribution in [0.5, 0.6) is 0 Å². The maximum absolute atomic E-state index is 12.4. The summed E-state index contributed by atoms with van der Waals surface area (Å²) in [7, 11) is 5.24. The van der Waals surface area contributed by atoms with Gasteiger partial charge >= 0.3 is 0 Å². The lowest BCUT2D eigenvalue weighted by Gasteiger charge is -2.70. The fourth-order valence-corrected chi connectivity index (χ4v) is 10.6. The van der Waals surface area contributed by atoms with Crippen molar-refractivity contribution in [1.29, 1.82) is 0 Å². The molecule has 7 heteroatoms. The Kier molecular flexibility index (Phi) is 4.56. The molecule has 1 saturated heterocycles. The van der Waals surface area contributed by atoms with Gasteiger partial charge in [-0.2, -0.15) is 0 Å². The highest BCUT2D eigenvalue weighted by Gasteiger charge is 2.84. The molecule has 1 heterocycles. The summed E-state index contributed by atoms with van der Waals surface area (Å²) in [5.41, 5.74) is -1.48. The van der Waals surface area contributed by atoms with Crippen LogP contribution in [0.3, 0.4) is 0 Å². The molecule has 7 nitrogen and oxygen atoms in total. The number of piperidine rings is 1. The second kappa shape index (κ2) is 6.65. The predicted octanol–water partition coefficient (Wildman–Crippen LogP) is 0.502. The van der Waals surface area contributed by atoms with Crippen molar-refractivity contribution in [2.45, 2.75) is 68.7 Å². The molecule has 0 amide bonds. The van der Waals surface area contributed by atoms with Gasteiger partial charge in [0.2, 0.25) is 0 Å². The summed E-state index contributed by atoms with van der Waals surface area (Å²) in [6, 6.07) is 0.206. The average molecular weight is 438 g/mol. The number of ether oxygens (including phenoxy) is 3. The van der Waals surface area contributed by atoms with Crippen molar-refractivity contribution < 1.29 is 29.5 Å². The maximum atomic E-state index is 12.4. The number of likely N-dealkylation sites (tertiary alicyclic amines) is 1. The van der Waals surface area contributed by atoms with E-state index in [1.165, 1.54) is 0 Å². The zero-order valence-electron chi connectivity index (χ0n) is 19.2. The van der Waals surface area contributed by atoms with E-state index >= 15 is 0 Å². The van der Waals surface area contributed by atoms with Crippen LogP contribution < -0.4 is 0 Å². The number of methoxy groups -OCH3 is 3. The molecular weight excluding hydrogens is 398 g/mol. The second-order valence-electron chi connectivity index (χ2n) is 11.5. The van der Waals surface area contributed by atoms with Crippen molar-refractivity contribution in [3.05, 3.63) is 0 Å². The van der Waals surface area contributed by atoms with Gasteiger partial charge in [0.15, 0.2) is 0 Å². The first kappa shape index (κ1) is 21.3. The highest BCUT2D eigenvalue weighted by Crippen LogP contribution is 2.79. The fraction of sp³-hybridized carbons (Fsp3) is 1.00. The summed E-state index contributed by atoms with van der Waals surface area (Å²) in [6.07, 6.45) is 1.71. The maximum Gasteiger partial charge on any atom is 0.0771 e. The molecule has 176 valence electrons. The molecular formula is C24H39NO6. The van der Waals surface area contributed by atoms with E-state index in [-0.39, 0.29) is 58.7 Å². The van der Waals surface area contributed by atoms with Gasteiger partial charge in [-0.05, 0) is 31.2 Å². The van der Waals surface area contributed by atoms with Crippen LogP contribution in [0.2, 0.25) is 0 Å². The molecule has 31 heavy (non-hydrogen) atoms. The first-order valence-corrected chi connectivity index (χ1v) is 12.2. The van der Waals surface area contributed by atoms with E-state index in [4.69, 9.17) is 14.2 Å². The lowest BCUT2D eigenvalue weighted by atomic mass is 9.42. The van der Waals surface area contributed by atoms with Gasteiger partial charge < -0.3 is 29.5 Å². The van der Waals surface area contributed by atoms with Crippen molar-refractivity contribution in [3.63, 3.8) is 0 Å². The van der Waals surface area contributed by atoms with Crippen LogP contribution in [0.15, 0.2) is 0 Å². The number of rotatable bonds is 5. The second-order valence-corrected chi connectivity index (χ2v) is 11.5. The molecule has 0 unspecified atom stereocenters. The Morgan fingerprint density at radius 1 is 1.03 bits per heavy atom. The molecule has 7 bridgehead atoms. The van der Waals surface area contributed by atoms with Crippen LogP contribution in [0.25, 0.3) is 0 Å². The van der Waals surface area contributed by atoms with Crippen LogP contribution in [-0.2, 0) is 14.2 Å². The summed E-state index contributed by atoms with van der Waals surface area (Å²) in [5.74, 6) is 0.352. The van der Waals surface area contributed by atoms with Gasteiger partial charge in [0.05, 0.1) is 36.6 Å². The molecule has 3 N–H and O–H groups in total. The van der Waals surface area contributed by atoms with Crippen molar-refractivity contribution in [2.75, 3.05) is 41.0 Å². The molecule has 5 saturated carbocycles. The first-order chi connectivity index (χ1) is 14.8. The first-order valence-electron chi connectivity index (χ1n) is 12.2. The minimum absolute atomic E-state index is 0.0479. The minimum Gasteiger partial charge on any atom is -0.392 e. The van der Waals surface area contributed by atoms with Gasteiger partial charge in [0.1, 0.15) is 0 Å². The molecule has 13 atom stereocenters. The van der Waals surface area contributed by atoms with Gasteiger partial charge in [-0.1, -0.05) is 6.92 Å².